The first kappa shape index (κ1) is 20.6. The third-order valence-corrected chi connectivity index (χ3v) is 5.34. The normalized spacial score (nSPS) is 10.8. The maximum atomic E-state index is 12.6. The summed E-state index contributed by atoms with van der Waals surface area (Å²) < 4.78 is 18.2. The second kappa shape index (κ2) is 9.45. The molecule has 0 N–H and O–H groups in total. The van der Waals surface area contributed by atoms with Crippen LogP contribution in [0, 0.1) is 0 Å². The molecule has 0 aliphatic heterocycles. The lowest BCUT2D eigenvalue weighted by atomic mass is 10.1. The molecule has 4 aromatic carbocycles. The quantitative estimate of drug-likeness (QED) is 0.289. The van der Waals surface area contributed by atoms with Crippen LogP contribution < -0.4 is 14.9 Å². The van der Waals surface area contributed by atoms with Crippen LogP contribution in [-0.4, -0.2) is 0 Å². The minimum absolute atomic E-state index is 0.0805. The molecule has 0 spiro atoms. The van der Waals surface area contributed by atoms with Gasteiger partial charge in [0.15, 0.2) is 16.9 Å². The van der Waals surface area contributed by atoms with E-state index >= 15 is 0 Å². The second-order valence-corrected chi connectivity index (χ2v) is 7.68. The number of para-hydroxylation sites is 1. The Morgan fingerprint density at radius 1 is 0.606 bits per heavy atom. The van der Waals surface area contributed by atoms with Crippen molar-refractivity contribution in [1.82, 2.24) is 0 Å². The van der Waals surface area contributed by atoms with Gasteiger partial charge in [-0.15, -0.1) is 0 Å². The first-order valence-electron chi connectivity index (χ1n) is 10.8. The van der Waals surface area contributed by atoms with Gasteiger partial charge < -0.3 is 13.9 Å². The zero-order chi connectivity index (χ0) is 22.5. The van der Waals surface area contributed by atoms with Crippen molar-refractivity contribution in [2.45, 2.75) is 13.2 Å². The lowest BCUT2D eigenvalue weighted by molar-refractivity contribution is 0.256. The monoisotopic (exact) mass is 434 g/mol. The molecule has 1 aromatic heterocycles. The SMILES string of the molecule is O=c1cc(-c2ccc(OCc3ccccc3)c(OCc3ccccc3)c2)oc2ccccc12. The van der Waals surface area contributed by atoms with Crippen molar-refractivity contribution in [3.8, 4) is 22.8 Å². The molecule has 4 nitrogen and oxygen atoms in total. The summed E-state index contributed by atoms with van der Waals surface area (Å²) in [5.74, 6) is 1.70. The fourth-order valence-electron chi connectivity index (χ4n) is 3.61. The van der Waals surface area contributed by atoms with Crippen molar-refractivity contribution in [1.29, 1.82) is 0 Å². The number of fused-ring (bicyclic) bond motifs is 1. The van der Waals surface area contributed by atoms with Crippen LogP contribution in [0.4, 0.5) is 0 Å². The van der Waals surface area contributed by atoms with Crippen LogP contribution in [0.2, 0.25) is 0 Å². The van der Waals surface area contributed by atoms with E-state index in [1.807, 2.05) is 91.0 Å². The molecule has 0 fully saturated rings. The van der Waals surface area contributed by atoms with E-state index in [2.05, 4.69) is 0 Å². The summed E-state index contributed by atoms with van der Waals surface area (Å²) >= 11 is 0. The van der Waals surface area contributed by atoms with E-state index in [-0.39, 0.29) is 5.43 Å². The van der Waals surface area contributed by atoms with Crippen molar-refractivity contribution in [3.05, 3.63) is 131 Å². The minimum atomic E-state index is -0.0805. The van der Waals surface area contributed by atoms with Gasteiger partial charge in [-0.3, -0.25) is 4.79 Å². The predicted octanol–water partition coefficient (Wildman–Crippen LogP) is 6.62. The fourth-order valence-corrected chi connectivity index (χ4v) is 3.61. The molecule has 5 rings (SSSR count). The molecule has 162 valence electrons. The van der Waals surface area contributed by atoms with E-state index in [9.17, 15) is 4.79 Å². The maximum Gasteiger partial charge on any atom is 0.193 e. The summed E-state index contributed by atoms with van der Waals surface area (Å²) in [6.45, 7) is 0.820. The molecular formula is C29H22O4. The average Bonchev–Trinajstić information content (AvgIpc) is 2.87. The summed E-state index contributed by atoms with van der Waals surface area (Å²) in [6.07, 6.45) is 0. The summed E-state index contributed by atoms with van der Waals surface area (Å²) in [6, 6.07) is 34.3. The molecule has 5 aromatic rings. The lowest BCUT2D eigenvalue weighted by Gasteiger charge is -2.14. The van der Waals surface area contributed by atoms with Crippen LogP contribution >= 0.6 is 0 Å². The van der Waals surface area contributed by atoms with E-state index < -0.39 is 0 Å². The van der Waals surface area contributed by atoms with Crippen LogP contribution in [0.5, 0.6) is 11.5 Å². The van der Waals surface area contributed by atoms with Gasteiger partial charge in [0, 0.05) is 11.6 Å². The number of hydrogen-bond acceptors (Lipinski definition) is 4. The lowest BCUT2D eigenvalue weighted by Crippen LogP contribution is -2.02. The van der Waals surface area contributed by atoms with Crippen molar-refractivity contribution in [2.24, 2.45) is 0 Å². The van der Waals surface area contributed by atoms with Crippen LogP contribution in [0.25, 0.3) is 22.3 Å². The third kappa shape index (κ3) is 4.80. The topological polar surface area (TPSA) is 48.7 Å². The van der Waals surface area contributed by atoms with Gasteiger partial charge in [0.2, 0.25) is 0 Å². The molecule has 4 heteroatoms. The average molecular weight is 434 g/mol. The highest BCUT2D eigenvalue weighted by atomic mass is 16.5. The molecule has 1 heterocycles. The Morgan fingerprint density at radius 3 is 1.91 bits per heavy atom. The van der Waals surface area contributed by atoms with Gasteiger partial charge in [0.1, 0.15) is 24.6 Å². The van der Waals surface area contributed by atoms with Crippen LogP contribution in [0.1, 0.15) is 11.1 Å². The minimum Gasteiger partial charge on any atom is -0.485 e. The first-order valence-corrected chi connectivity index (χ1v) is 10.8. The van der Waals surface area contributed by atoms with E-state index in [4.69, 9.17) is 13.9 Å². The number of hydrogen-bond donors (Lipinski definition) is 0. The van der Waals surface area contributed by atoms with Crippen molar-refractivity contribution in [2.75, 3.05) is 0 Å². The molecule has 0 aliphatic carbocycles. The molecule has 0 radical (unpaired) electrons. The zero-order valence-corrected chi connectivity index (χ0v) is 17.9. The molecule has 0 unspecified atom stereocenters. The van der Waals surface area contributed by atoms with Gasteiger partial charge in [-0.05, 0) is 41.5 Å². The summed E-state index contributed by atoms with van der Waals surface area (Å²) in [7, 11) is 0. The molecule has 0 saturated heterocycles. The highest BCUT2D eigenvalue weighted by molar-refractivity contribution is 5.78. The Morgan fingerprint density at radius 2 is 1.21 bits per heavy atom. The van der Waals surface area contributed by atoms with Gasteiger partial charge in [-0.2, -0.15) is 0 Å². The molecule has 0 atom stereocenters. The van der Waals surface area contributed by atoms with Crippen LogP contribution in [-0.2, 0) is 13.2 Å². The summed E-state index contributed by atoms with van der Waals surface area (Å²) in [5.41, 5.74) is 3.33. The van der Waals surface area contributed by atoms with Gasteiger partial charge in [-0.25, -0.2) is 0 Å². The number of rotatable bonds is 7. The third-order valence-electron chi connectivity index (χ3n) is 5.34. The number of benzene rings is 4. The highest BCUT2D eigenvalue weighted by Crippen LogP contribution is 2.34. The van der Waals surface area contributed by atoms with Crippen LogP contribution in [0.3, 0.4) is 0 Å². The Balaban J connectivity index is 1.48. The molecule has 33 heavy (non-hydrogen) atoms. The maximum absolute atomic E-state index is 12.6. The van der Waals surface area contributed by atoms with Gasteiger partial charge in [-0.1, -0.05) is 72.8 Å². The molecule has 0 bridgehead atoms. The van der Waals surface area contributed by atoms with E-state index in [0.717, 1.165) is 16.7 Å². The van der Waals surface area contributed by atoms with Crippen molar-refractivity contribution >= 4 is 11.0 Å². The Hall–Kier alpha value is -4.31. The van der Waals surface area contributed by atoms with E-state index in [0.29, 0.717) is 41.4 Å². The molecule has 0 saturated carbocycles. The predicted molar refractivity (Wildman–Crippen MR) is 129 cm³/mol. The molecule has 0 amide bonds. The van der Waals surface area contributed by atoms with Gasteiger partial charge in [0.25, 0.3) is 0 Å². The van der Waals surface area contributed by atoms with E-state index in [1.165, 1.54) is 6.07 Å². The molecular weight excluding hydrogens is 412 g/mol. The second-order valence-electron chi connectivity index (χ2n) is 7.68. The first-order chi connectivity index (χ1) is 16.3. The van der Waals surface area contributed by atoms with Crippen molar-refractivity contribution < 1.29 is 13.9 Å². The Bertz CT molecular complexity index is 1420. The van der Waals surface area contributed by atoms with Gasteiger partial charge >= 0.3 is 0 Å². The zero-order valence-electron chi connectivity index (χ0n) is 17.9. The standard InChI is InChI=1S/C29H22O4/c30-25-18-28(33-26-14-8-7-13-24(25)26)23-15-16-27(31-19-21-9-3-1-4-10-21)29(17-23)32-20-22-11-5-2-6-12-22/h1-18H,19-20H2. The smallest absolute Gasteiger partial charge is 0.193 e. The Labute approximate surface area is 191 Å². The summed E-state index contributed by atoms with van der Waals surface area (Å²) in [4.78, 5) is 12.6. The van der Waals surface area contributed by atoms with Gasteiger partial charge in [0.05, 0.1) is 5.39 Å². The van der Waals surface area contributed by atoms with E-state index in [1.54, 1.807) is 12.1 Å². The largest absolute Gasteiger partial charge is 0.485 e. The molecule has 0 aliphatic rings. The fraction of sp³-hybridized carbons (Fsp3) is 0.0690. The number of ether oxygens (including phenoxy) is 2. The Kier molecular flexibility index (Phi) is 5.89. The van der Waals surface area contributed by atoms with Crippen molar-refractivity contribution in [3.63, 3.8) is 0 Å². The van der Waals surface area contributed by atoms with Crippen LogP contribution in [0.15, 0.2) is 118 Å². The summed E-state index contributed by atoms with van der Waals surface area (Å²) in [5, 5.41) is 0.560. The highest BCUT2D eigenvalue weighted by Gasteiger charge is 2.12.